The molecule has 0 radical (unpaired) electrons. The summed E-state index contributed by atoms with van der Waals surface area (Å²) in [7, 11) is 1.83. The minimum Gasteiger partial charge on any atom is -0.381 e. The zero-order chi connectivity index (χ0) is 22.1. The monoisotopic (exact) mass is 431 g/mol. The number of benzene rings is 1. The number of hydrogen-bond donors (Lipinski definition) is 0. The van der Waals surface area contributed by atoms with Crippen LogP contribution in [-0.2, 0) is 17.8 Å². The van der Waals surface area contributed by atoms with Crippen molar-refractivity contribution in [3.8, 4) is 0 Å². The number of amides is 2. The van der Waals surface area contributed by atoms with Gasteiger partial charge in [-0.3, -0.25) is 4.98 Å². The third-order valence-corrected chi connectivity index (χ3v) is 6.45. The van der Waals surface area contributed by atoms with Gasteiger partial charge < -0.3 is 19.1 Å². The predicted octanol–water partition coefficient (Wildman–Crippen LogP) is 3.99. The van der Waals surface area contributed by atoms with Crippen molar-refractivity contribution in [2.24, 2.45) is 0 Å². The van der Waals surface area contributed by atoms with Crippen LogP contribution >= 0.6 is 0 Å². The van der Waals surface area contributed by atoms with Crippen LogP contribution in [0.25, 0.3) is 23.2 Å². The number of para-hydroxylation sites is 1. The highest BCUT2D eigenvalue weighted by Gasteiger charge is 2.25. The number of ether oxygens (including phenoxy) is 1. The fourth-order valence-electron chi connectivity index (χ4n) is 4.60. The van der Waals surface area contributed by atoms with Crippen LogP contribution in [0, 0.1) is 0 Å². The summed E-state index contributed by atoms with van der Waals surface area (Å²) in [6.45, 7) is 6.68. The second-order valence-corrected chi connectivity index (χ2v) is 8.53. The molecule has 7 nitrogen and oxygen atoms in total. The Balaban J connectivity index is 1.36. The number of rotatable bonds is 6. The number of nitrogens with zero attached hydrogens (tertiary/aromatic N) is 5. The van der Waals surface area contributed by atoms with Crippen molar-refractivity contribution in [1.29, 1.82) is 0 Å². The summed E-state index contributed by atoms with van der Waals surface area (Å²) in [6, 6.07) is 10.6. The smallest absolute Gasteiger partial charge is 0.320 e. The van der Waals surface area contributed by atoms with Crippen molar-refractivity contribution < 1.29 is 9.53 Å². The fourth-order valence-corrected chi connectivity index (χ4v) is 4.60. The van der Waals surface area contributed by atoms with E-state index in [0.717, 1.165) is 61.9 Å². The number of fused-ring (bicyclic) bond motifs is 1. The molecule has 2 fully saturated rings. The van der Waals surface area contributed by atoms with Crippen LogP contribution in [0.4, 0.5) is 4.79 Å². The third-order valence-electron chi connectivity index (χ3n) is 6.45. The Labute approximate surface area is 188 Å². The molecular weight excluding hydrogens is 402 g/mol. The molecule has 0 bridgehead atoms. The van der Waals surface area contributed by atoms with Gasteiger partial charge >= 0.3 is 6.03 Å². The normalized spacial score (nSPS) is 19.2. The number of likely N-dealkylation sites (N-methyl/N-ethyl adjacent to an activating group) is 1. The van der Waals surface area contributed by atoms with E-state index in [1.165, 1.54) is 11.1 Å². The SMILES string of the molecule is CCn1c(/C=C/c2ccc(CN3CCN(C)C3=O)nc2)nc2c(C3CCOC3)cccc21. The van der Waals surface area contributed by atoms with Crippen LogP contribution in [-0.4, -0.2) is 63.7 Å². The van der Waals surface area contributed by atoms with E-state index in [1.807, 2.05) is 30.3 Å². The topological polar surface area (TPSA) is 63.5 Å². The minimum atomic E-state index is 0.0674. The molecule has 0 N–H and O–H groups in total. The van der Waals surface area contributed by atoms with Crippen molar-refractivity contribution in [3.05, 3.63) is 59.2 Å². The number of urea groups is 1. The molecule has 7 heteroatoms. The zero-order valence-corrected chi connectivity index (χ0v) is 18.7. The number of pyridine rings is 1. The minimum absolute atomic E-state index is 0.0674. The highest BCUT2D eigenvalue weighted by atomic mass is 16.5. The third kappa shape index (κ3) is 3.88. The van der Waals surface area contributed by atoms with Crippen LogP contribution in [0.5, 0.6) is 0 Å². The largest absolute Gasteiger partial charge is 0.381 e. The van der Waals surface area contributed by atoms with Crippen molar-refractivity contribution in [2.45, 2.75) is 32.4 Å². The van der Waals surface area contributed by atoms with Crippen molar-refractivity contribution in [2.75, 3.05) is 33.4 Å². The van der Waals surface area contributed by atoms with Gasteiger partial charge in [0.25, 0.3) is 0 Å². The Morgan fingerprint density at radius 3 is 2.78 bits per heavy atom. The first-order valence-corrected chi connectivity index (χ1v) is 11.3. The molecule has 0 aliphatic carbocycles. The number of aryl methyl sites for hydroxylation is 1. The molecule has 2 aromatic heterocycles. The lowest BCUT2D eigenvalue weighted by atomic mass is 9.97. The number of aromatic nitrogens is 3. The highest BCUT2D eigenvalue weighted by molar-refractivity contribution is 5.83. The van der Waals surface area contributed by atoms with Gasteiger partial charge in [0.1, 0.15) is 5.82 Å². The van der Waals surface area contributed by atoms with Crippen molar-refractivity contribution in [3.63, 3.8) is 0 Å². The lowest BCUT2D eigenvalue weighted by Crippen LogP contribution is -2.29. The standard InChI is InChI=1S/C25H29N5O2/c1-3-30-22-6-4-5-21(19-11-14-32-17-19)24(22)27-23(30)10-8-18-7-9-20(26-15-18)16-29-13-12-28(2)25(29)31/h4-10,15,19H,3,11-14,16-17H2,1-2H3/b10-8+. The second kappa shape index (κ2) is 8.74. The Morgan fingerprint density at radius 1 is 1.19 bits per heavy atom. The Hall–Kier alpha value is -3.19. The summed E-state index contributed by atoms with van der Waals surface area (Å²) in [5.41, 5.74) is 5.45. The molecule has 1 aromatic carbocycles. The molecule has 0 spiro atoms. The highest BCUT2D eigenvalue weighted by Crippen LogP contribution is 2.31. The molecule has 5 rings (SSSR count). The molecular formula is C25H29N5O2. The zero-order valence-electron chi connectivity index (χ0n) is 18.7. The second-order valence-electron chi connectivity index (χ2n) is 8.53. The van der Waals surface area contributed by atoms with Crippen molar-refractivity contribution in [1.82, 2.24) is 24.3 Å². The Kier molecular flexibility index (Phi) is 5.66. The van der Waals surface area contributed by atoms with E-state index in [2.05, 4.69) is 46.8 Å². The maximum atomic E-state index is 12.1. The molecule has 3 aromatic rings. The lowest BCUT2D eigenvalue weighted by Gasteiger charge is -2.15. The maximum Gasteiger partial charge on any atom is 0.320 e. The molecule has 1 unspecified atom stereocenters. The Morgan fingerprint density at radius 2 is 2.09 bits per heavy atom. The van der Waals surface area contributed by atoms with Gasteiger partial charge in [-0.15, -0.1) is 0 Å². The molecule has 4 heterocycles. The summed E-state index contributed by atoms with van der Waals surface area (Å²) in [4.78, 5) is 25.2. The summed E-state index contributed by atoms with van der Waals surface area (Å²) in [5, 5.41) is 0. The molecule has 32 heavy (non-hydrogen) atoms. The molecule has 2 aliphatic heterocycles. The van der Waals surface area contributed by atoms with Gasteiger partial charge in [-0.05, 0) is 48.8 Å². The molecule has 2 aliphatic rings. The molecule has 2 saturated heterocycles. The fraction of sp³-hybridized carbons (Fsp3) is 0.400. The average molecular weight is 432 g/mol. The summed E-state index contributed by atoms with van der Waals surface area (Å²) >= 11 is 0. The van der Waals surface area contributed by atoms with Crippen LogP contribution in [0.2, 0.25) is 0 Å². The lowest BCUT2D eigenvalue weighted by molar-refractivity contribution is 0.194. The van der Waals surface area contributed by atoms with Crippen molar-refractivity contribution >= 4 is 29.2 Å². The van der Waals surface area contributed by atoms with Gasteiger partial charge in [-0.2, -0.15) is 0 Å². The maximum absolute atomic E-state index is 12.1. The number of carbonyl (C=O) groups excluding carboxylic acids is 1. The van der Waals surface area contributed by atoms with Crippen LogP contribution in [0.15, 0.2) is 36.5 Å². The van der Waals surface area contributed by atoms with E-state index < -0.39 is 0 Å². The number of imidazole rings is 1. The predicted molar refractivity (Wildman–Crippen MR) is 125 cm³/mol. The quantitative estimate of drug-likeness (QED) is 0.592. The molecule has 166 valence electrons. The first-order chi connectivity index (χ1) is 15.6. The van der Waals surface area contributed by atoms with Gasteiger partial charge in [0.05, 0.1) is 29.9 Å². The summed E-state index contributed by atoms with van der Waals surface area (Å²) in [6.07, 6.45) is 7.03. The van der Waals surface area contributed by atoms with E-state index in [1.54, 1.807) is 4.90 Å². The van der Waals surface area contributed by atoms with E-state index in [9.17, 15) is 4.79 Å². The van der Waals surface area contributed by atoms with Crippen LogP contribution < -0.4 is 0 Å². The summed E-state index contributed by atoms with van der Waals surface area (Å²) < 4.78 is 7.86. The van der Waals surface area contributed by atoms with E-state index in [4.69, 9.17) is 9.72 Å². The van der Waals surface area contributed by atoms with Gasteiger partial charge in [0.2, 0.25) is 0 Å². The van der Waals surface area contributed by atoms with E-state index in [0.29, 0.717) is 12.5 Å². The summed E-state index contributed by atoms with van der Waals surface area (Å²) in [5.74, 6) is 1.37. The average Bonchev–Trinajstić information content (AvgIpc) is 3.54. The van der Waals surface area contributed by atoms with Crippen LogP contribution in [0.3, 0.4) is 0 Å². The molecule has 2 amide bonds. The molecule has 0 saturated carbocycles. The number of hydrogen-bond acceptors (Lipinski definition) is 4. The van der Waals surface area contributed by atoms with Gasteiger partial charge in [-0.1, -0.05) is 18.2 Å². The molecule has 1 atom stereocenters. The first kappa shape index (κ1) is 20.7. The van der Waals surface area contributed by atoms with Gasteiger partial charge in [0, 0.05) is 45.4 Å². The van der Waals surface area contributed by atoms with Gasteiger partial charge in [0.15, 0.2) is 0 Å². The van der Waals surface area contributed by atoms with E-state index in [-0.39, 0.29) is 6.03 Å². The van der Waals surface area contributed by atoms with E-state index >= 15 is 0 Å². The first-order valence-electron chi connectivity index (χ1n) is 11.3. The van der Waals surface area contributed by atoms with Crippen LogP contribution in [0.1, 0.15) is 41.9 Å². The Bertz CT molecular complexity index is 1150. The number of carbonyl (C=O) groups is 1. The van der Waals surface area contributed by atoms with Gasteiger partial charge in [-0.25, -0.2) is 9.78 Å².